The van der Waals surface area contributed by atoms with E-state index < -0.39 is 5.97 Å². The van der Waals surface area contributed by atoms with Crippen molar-refractivity contribution in [3.05, 3.63) is 23.7 Å². The molecule has 0 spiro atoms. The summed E-state index contributed by atoms with van der Waals surface area (Å²) in [6, 6.07) is 3.20. The molecule has 0 radical (unpaired) electrons. The highest BCUT2D eigenvalue weighted by molar-refractivity contribution is 5.86. The maximum atomic E-state index is 11.5. The fourth-order valence-corrected chi connectivity index (χ4v) is 1.27. The second-order valence-corrected chi connectivity index (χ2v) is 3.56. The Morgan fingerprint density at radius 1 is 1.28 bits per heavy atom. The van der Waals surface area contributed by atoms with E-state index in [1.165, 1.54) is 0 Å². The first-order valence-electron chi connectivity index (χ1n) is 5.80. The lowest BCUT2D eigenvalue weighted by Crippen LogP contribution is -2.11. The lowest BCUT2D eigenvalue weighted by Gasteiger charge is -2.04. The fourth-order valence-electron chi connectivity index (χ4n) is 1.27. The Morgan fingerprint density at radius 2 is 2.11 bits per heavy atom. The predicted molar refractivity (Wildman–Crippen MR) is 64.2 cm³/mol. The van der Waals surface area contributed by atoms with Crippen molar-refractivity contribution in [3.63, 3.8) is 0 Å². The summed E-state index contributed by atoms with van der Waals surface area (Å²) in [6.07, 6.45) is 0.822. The van der Waals surface area contributed by atoms with Crippen molar-refractivity contribution < 1.29 is 23.4 Å². The van der Waals surface area contributed by atoms with Crippen LogP contribution in [0.2, 0.25) is 0 Å². The number of rotatable bonds is 9. The number of nitrogens with two attached hydrogens (primary N) is 1. The molecule has 1 aromatic rings. The lowest BCUT2D eigenvalue weighted by atomic mass is 10.4. The van der Waals surface area contributed by atoms with Crippen molar-refractivity contribution in [3.8, 4) is 0 Å². The minimum atomic E-state index is -0.504. The number of hydrogen-bond acceptors (Lipinski definition) is 6. The molecule has 6 heteroatoms. The maximum absolute atomic E-state index is 11.5. The Labute approximate surface area is 106 Å². The van der Waals surface area contributed by atoms with Gasteiger partial charge in [-0.3, -0.25) is 0 Å². The standard InChI is InChI=1S/C12H19NO5/c1-15-5-2-6-16-7-8-17-12(14)11-4-3-10(9-13)18-11/h3-4H,2,5-9,13H2,1H3. The average molecular weight is 257 g/mol. The molecule has 0 atom stereocenters. The van der Waals surface area contributed by atoms with Crippen LogP contribution in [0.15, 0.2) is 16.5 Å². The molecular formula is C12H19NO5. The van der Waals surface area contributed by atoms with Crippen molar-refractivity contribution >= 4 is 5.97 Å². The Kier molecular flexibility index (Phi) is 7.09. The van der Waals surface area contributed by atoms with E-state index in [2.05, 4.69) is 0 Å². The smallest absolute Gasteiger partial charge is 0.374 e. The topological polar surface area (TPSA) is 83.9 Å². The van der Waals surface area contributed by atoms with Gasteiger partial charge in [-0.2, -0.15) is 0 Å². The first kappa shape index (κ1) is 14.7. The minimum absolute atomic E-state index is 0.162. The molecule has 0 aromatic carbocycles. The number of ether oxygens (including phenoxy) is 3. The minimum Gasteiger partial charge on any atom is -0.457 e. The zero-order valence-electron chi connectivity index (χ0n) is 10.5. The van der Waals surface area contributed by atoms with Crippen LogP contribution in [0.4, 0.5) is 0 Å². The van der Waals surface area contributed by atoms with Gasteiger partial charge >= 0.3 is 5.97 Å². The quantitative estimate of drug-likeness (QED) is 0.523. The molecular weight excluding hydrogens is 238 g/mol. The van der Waals surface area contributed by atoms with Crippen molar-refractivity contribution in [2.45, 2.75) is 13.0 Å². The third-order valence-electron chi connectivity index (χ3n) is 2.16. The number of furan rings is 1. The zero-order valence-corrected chi connectivity index (χ0v) is 10.5. The molecule has 0 aliphatic heterocycles. The highest BCUT2D eigenvalue weighted by Gasteiger charge is 2.11. The van der Waals surface area contributed by atoms with Gasteiger partial charge in [0, 0.05) is 20.3 Å². The van der Waals surface area contributed by atoms with E-state index in [0.717, 1.165) is 6.42 Å². The molecule has 0 saturated carbocycles. The first-order chi connectivity index (χ1) is 8.77. The molecule has 0 amide bonds. The van der Waals surface area contributed by atoms with E-state index in [9.17, 15) is 4.79 Å². The van der Waals surface area contributed by atoms with Crippen LogP contribution < -0.4 is 5.73 Å². The molecule has 0 bridgehead atoms. The molecule has 1 rings (SSSR count). The van der Waals surface area contributed by atoms with E-state index in [-0.39, 0.29) is 18.9 Å². The van der Waals surface area contributed by atoms with E-state index in [1.807, 2.05) is 0 Å². The molecule has 0 saturated heterocycles. The molecule has 102 valence electrons. The number of esters is 1. The Balaban J connectivity index is 2.10. The lowest BCUT2D eigenvalue weighted by molar-refractivity contribution is 0.0259. The van der Waals surface area contributed by atoms with Gasteiger partial charge in [0.15, 0.2) is 0 Å². The van der Waals surface area contributed by atoms with Crippen LogP contribution in [0.5, 0.6) is 0 Å². The summed E-state index contributed by atoms with van der Waals surface area (Å²) in [6.45, 7) is 2.07. The molecule has 0 aliphatic carbocycles. The first-order valence-corrected chi connectivity index (χ1v) is 5.80. The molecule has 1 aromatic heterocycles. The van der Waals surface area contributed by atoms with Crippen LogP contribution in [-0.2, 0) is 20.8 Å². The second-order valence-electron chi connectivity index (χ2n) is 3.56. The van der Waals surface area contributed by atoms with Crippen molar-refractivity contribution in [1.82, 2.24) is 0 Å². The van der Waals surface area contributed by atoms with Crippen LogP contribution in [0.1, 0.15) is 22.7 Å². The fraction of sp³-hybridized carbons (Fsp3) is 0.583. The molecule has 1 heterocycles. The molecule has 2 N–H and O–H groups in total. The summed E-state index contributed by atoms with van der Waals surface area (Å²) in [4.78, 5) is 11.5. The van der Waals surface area contributed by atoms with Gasteiger partial charge in [0.05, 0.1) is 13.2 Å². The summed E-state index contributed by atoms with van der Waals surface area (Å²) in [7, 11) is 1.64. The van der Waals surface area contributed by atoms with Gasteiger partial charge in [0.1, 0.15) is 12.4 Å². The monoisotopic (exact) mass is 257 g/mol. The van der Waals surface area contributed by atoms with Crippen LogP contribution in [0, 0.1) is 0 Å². The number of carbonyl (C=O) groups excluding carboxylic acids is 1. The third-order valence-corrected chi connectivity index (χ3v) is 2.16. The second kappa shape index (κ2) is 8.68. The molecule has 0 aliphatic rings. The number of methoxy groups -OCH3 is 1. The molecule has 0 unspecified atom stereocenters. The maximum Gasteiger partial charge on any atom is 0.374 e. The van der Waals surface area contributed by atoms with Crippen molar-refractivity contribution in [2.24, 2.45) is 5.73 Å². The Bertz CT molecular complexity index is 350. The summed E-state index contributed by atoms with van der Waals surface area (Å²) in [5, 5.41) is 0. The van der Waals surface area contributed by atoms with Crippen LogP contribution >= 0.6 is 0 Å². The molecule has 6 nitrogen and oxygen atoms in total. The summed E-state index contributed by atoms with van der Waals surface area (Å²) >= 11 is 0. The third kappa shape index (κ3) is 5.31. The van der Waals surface area contributed by atoms with Gasteiger partial charge in [-0.15, -0.1) is 0 Å². The Morgan fingerprint density at radius 3 is 2.78 bits per heavy atom. The Hall–Kier alpha value is -1.37. The highest BCUT2D eigenvalue weighted by atomic mass is 16.6. The summed E-state index contributed by atoms with van der Waals surface area (Å²) in [5.74, 6) is 0.211. The summed E-state index contributed by atoms with van der Waals surface area (Å²) in [5.41, 5.74) is 5.37. The van der Waals surface area contributed by atoms with E-state index in [0.29, 0.717) is 25.6 Å². The van der Waals surface area contributed by atoms with E-state index in [4.69, 9.17) is 24.4 Å². The highest BCUT2D eigenvalue weighted by Crippen LogP contribution is 2.08. The van der Waals surface area contributed by atoms with Gasteiger partial charge in [-0.1, -0.05) is 0 Å². The van der Waals surface area contributed by atoms with Crippen molar-refractivity contribution in [1.29, 1.82) is 0 Å². The zero-order chi connectivity index (χ0) is 13.2. The van der Waals surface area contributed by atoms with Crippen LogP contribution in [0.25, 0.3) is 0 Å². The predicted octanol–water partition coefficient (Wildman–Crippen LogP) is 0.948. The van der Waals surface area contributed by atoms with Gasteiger partial charge in [0.2, 0.25) is 5.76 Å². The van der Waals surface area contributed by atoms with Crippen molar-refractivity contribution in [2.75, 3.05) is 33.5 Å². The largest absolute Gasteiger partial charge is 0.457 e. The van der Waals surface area contributed by atoms with Crippen LogP contribution in [0.3, 0.4) is 0 Å². The number of hydrogen-bond donors (Lipinski definition) is 1. The SMILES string of the molecule is COCCCOCCOC(=O)c1ccc(CN)o1. The average Bonchev–Trinajstić information content (AvgIpc) is 2.86. The molecule has 0 fully saturated rings. The normalized spacial score (nSPS) is 10.6. The number of carbonyl (C=O) groups is 1. The van der Waals surface area contributed by atoms with E-state index in [1.54, 1.807) is 19.2 Å². The summed E-state index contributed by atoms with van der Waals surface area (Å²) < 4.78 is 20.2. The van der Waals surface area contributed by atoms with Crippen LogP contribution in [-0.4, -0.2) is 39.5 Å². The van der Waals surface area contributed by atoms with Gasteiger partial charge in [-0.25, -0.2) is 4.79 Å². The van der Waals surface area contributed by atoms with Gasteiger partial charge in [-0.05, 0) is 18.6 Å². The van der Waals surface area contributed by atoms with E-state index >= 15 is 0 Å². The van der Waals surface area contributed by atoms with Gasteiger partial charge < -0.3 is 24.4 Å². The molecule has 18 heavy (non-hydrogen) atoms. The van der Waals surface area contributed by atoms with Gasteiger partial charge in [0.25, 0.3) is 0 Å².